The summed E-state index contributed by atoms with van der Waals surface area (Å²) in [6.45, 7) is 6.41. The third kappa shape index (κ3) is 3.95. The van der Waals surface area contributed by atoms with Crippen LogP contribution in [0.15, 0.2) is 61.2 Å². The van der Waals surface area contributed by atoms with E-state index in [0.717, 1.165) is 50.3 Å². The highest BCUT2D eigenvalue weighted by Crippen LogP contribution is 2.51. The van der Waals surface area contributed by atoms with Crippen molar-refractivity contribution in [3.8, 4) is 11.5 Å². The number of benzene rings is 2. The monoisotopic (exact) mass is 433 g/mol. The van der Waals surface area contributed by atoms with Crippen LogP contribution in [-0.2, 0) is 12.0 Å². The number of carbonyl (C=O) groups excluding carboxylic acids is 1. The number of ether oxygens (including phenoxy) is 2. The van der Waals surface area contributed by atoms with Crippen molar-refractivity contribution < 1.29 is 14.3 Å². The number of nitrogens with one attached hydrogen (secondary N) is 2. The van der Waals surface area contributed by atoms with Crippen LogP contribution in [0, 0.1) is 0 Å². The van der Waals surface area contributed by atoms with Crippen LogP contribution in [0.25, 0.3) is 0 Å². The van der Waals surface area contributed by atoms with Crippen LogP contribution in [0.1, 0.15) is 36.8 Å². The maximum absolute atomic E-state index is 12.3. The van der Waals surface area contributed by atoms with E-state index in [1.165, 1.54) is 11.1 Å². The average molecular weight is 434 g/mol. The molecular formula is C26H31N3O3. The molecule has 0 unspecified atom stereocenters. The molecular weight excluding hydrogens is 402 g/mol. The van der Waals surface area contributed by atoms with E-state index >= 15 is 0 Å². The maximum atomic E-state index is 12.3. The van der Waals surface area contributed by atoms with E-state index in [2.05, 4.69) is 70.6 Å². The van der Waals surface area contributed by atoms with Gasteiger partial charge in [-0.2, -0.15) is 0 Å². The van der Waals surface area contributed by atoms with Crippen molar-refractivity contribution in [3.63, 3.8) is 0 Å². The largest absolute Gasteiger partial charge is 0.454 e. The van der Waals surface area contributed by atoms with Crippen LogP contribution < -0.4 is 20.1 Å². The van der Waals surface area contributed by atoms with Crippen molar-refractivity contribution >= 4 is 6.03 Å². The van der Waals surface area contributed by atoms with Gasteiger partial charge in [-0.3, -0.25) is 4.90 Å². The number of amides is 2. The minimum Gasteiger partial charge on any atom is -0.454 e. The zero-order valence-corrected chi connectivity index (χ0v) is 18.4. The molecule has 3 atom stereocenters. The zero-order chi connectivity index (χ0) is 22.0. The van der Waals surface area contributed by atoms with Crippen LogP contribution in [0.2, 0.25) is 0 Å². The SMILES string of the molecule is C=CCNC(=O)N[C@@H]1CC[C@@]2(c3ccc4c(c3)OCO4)CCN(Cc3ccccc3)[C@H]2C1. The Hall–Kier alpha value is -2.99. The third-order valence-electron chi connectivity index (χ3n) is 7.29. The number of urea groups is 1. The summed E-state index contributed by atoms with van der Waals surface area (Å²) in [7, 11) is 0. The summed E-state index contributed by atoms with van der Waals surface area (Å²) in [6.07, 6.45) is 5.74. The molecule has 5 rings (SSSR count). The quantitative estimate of drug-likeness (QED) is 0.677. The Morgan fingerprint density at radius 1 is 1.16 bits per heavy atom. The minimum absolute atomic E-state index is 0.0610. The summed E-state index contributed by atoms with van der Waals surface area (Å²) in [5.41, 5.74) is 2.72. The molecule has 1 saturated carbocycles. The molecule has 1 aliphatic carbocycles. The number of nitrogens with zero attached hydrogens (tertiary/aromatic N) is 1. The van der Waals surface area contributed by atoms with Gasteiger partial charge in [-0.1, -0.05) is 42.5 Å². The summed E-state index contributed by atoms with van der Waals surface area (Å²) in [4.78, 5) is 14.9. The van der Waals surface area contributed by atoms with Gasteiger partial charge in [-0.15, -0.1) is 6.58 Å². The first-order valence-electron chi connectivity index (χ1n) is 11.5. The standard InChI is InChI=1S/C26H31N3O3/c1-2-13-27-25(30)28-21-10-11-26(20-8-9-22-23(15-20)32-18-31-22)12-14-29(24(26)16-21)17-19-6-4-3-5-7-19/h2-9,15,21,24H,1,10-14,16-18H2,(H2,27,28,30)/t21-,24+,26+/m1/s1. The summed E-state index contributed by atoms with van der Waals surface area (Å²) in [5, 5.41) is 6.04. The summed E-state index contributed by atoms with van der Waals surface area (Å²) in [6, 6.07) is 17.5. The Morgan fingerprint density at radius 3 is 2.84 bits per heavy atom. The molecule has 2 aliphatic heterocycles. The summed E-state index contributed by atoms with van der Waals surface area (Å²) in [5.74, 6) is 1.68. The molecule has 0 radical (unpaired) electrons. The zero-order valence-electron chi connectivity index (χ0n) is 18.4. The van der Waals surface area contributed by atoms with Crippen molar-refractivity contribution in [2.24, 2.45) is 0 Å². The second-order valence-electron chi connectivity index (χ2n) is 9.06. The Bertz CT molecular complexity index is 980. The molecule has 2 aromatic rings. The van der Waals surface area contributed by atoms with Gasteiger partial charge in [-0.05, 0) is 55.5 Å². The van der Waals surface area contributed by atoms with Crippen molar-refractivity contribution in [2.75, 3.05) is 19.9 Å². The first kappa shape index (κ1) is 20.9. The predicted octanol–water partition coefficient (Wildman–Crippen LogP) is 3.97. The first-order chi connectivity index (χ1) is 15.7. The van der Waals surface area contributed by atoms with E-state index < -0.39 is 0 Å². The lowest BCUT2D eigenvalue weighted by atomic mass is 9.65. The van der Waals surface area contributed by atoms with E-state index in [4.69, 9.17) is 9.47 Å². The molecule has 2 N–H and O–H groups in total. The Morgan fingerprint density at radius 2 is 2.00 bits per heavy atom. The van der Waals surface area contributed by atoms with Crippen molar-refractivity contribution in [3.05, 3.63) is 72.3 Å². The van der Waals surface area contributed by atoms with Gasteiger partial charge >= 0.3 is 6.03 Å². The van der Waals surface area contributed by atoms with Gasteiger partial charge in [0.2, 0.25) is 6.79 Å². The number of likely N-dealkylation sites (tertiary alicyclic amines) is 1. The van der Waals surface area contributed by atoms with E-state index in [-0.39, 0.29) is 17.5 Å². The van der Waals surface area contributed by atoms with E-state index in [9.17, 15) is 4.79 Å². The lowest BCUT2D eigenvalue weighted by Crippen LogP contribution is -2.53. The number of hydrogen-bond donors (Lipinski definition) is 2. The van der Waals surface area contributed by atoms with E-state index in [0.29, 0.717) is 19.4 Å². The fraction of sp³-hybridized carbons (Fsp3) is 0.423. The number of hydrogen-bond acceptors (Lipinski definition) is 4. The van der Waals surface area contributed by atoms with Gasteiger partial charge in [0.25, 0.3) is 0 Å². The number of rotatable bonds is 6. The Labute approximate surface area is 189 Å². The van der Waals surface area contributed by atoms with Gasteiger partial charge in [0.05, 0.1) is 0 Å². The summed E-state index contributed by atoms with van der Waals surface area (Å²) >= 11 is 0. The van der Waals surface area contributed by atoms with Crippen LogP contribution in [0.5, 0.6) is 11.5 Å². The molecule has 2 heterocycles. The lowest BCUT2D eigenvalue weighted by Gasteiger charge is -2.45. The average Bonchev–Trinajstić information content (AvgIpc) is 3.43. The van der Waals surface area contributed by atoms with Crippen molar-refractivity contribution in [1.29, 1.82) is 0 Å². The topological polar surface area (TPSA) is 62.8 Å². The molecule has 0 bridgehead atoms. The molecule has 2 amide bonds. The molecule has 0 aromatic heterocycles. The molecule has 32 heavy (non-hydrogen) atoms. The molecule has 168 valence electrons. The summed E-state index contributed by atoms with van der Waals surface area (Å²) < 4.78 is 11.2. The van der Waals surface area contributed by atoms with Gasteiger partial charge in [0, 0.05) is 30.6 Å². The number of fused-ring (bicyclic) bond motifs is 2. The van der Waals surface area contributed by atoms with E-state index in [1.807, 2.05) is 0 Å². The highest BCUT2D eigenvalue weighted by Gasteiger charge is 2.51. The molecule has 1 saturated heterocycles. The molecule has 0 spiro atoms. The molecule has 3 aliphatic rings. The van der Waals surface area contributed by atoms with Crippen LogP contribution in [0.3, 0.4) is 0 Å². The van der Waals surface area contributed by atoms with Gasteiger partial charge < -0.3 is 20.1 Å². The molecule has 6 heteroatoms. The Kier molecular flexibility index (Phi) is 5.79. The highest BCUT2D eigenvalue weighted by molar-refractivity contribution is 5.74. The van der Waals surface area contributed by atoms with Crippen molar-refractivity contribution in [1.82, 2.24) is 15.5 Å². The Balaban J connectivity index is 1.40. The molecule has 2 fully saturated rings. The highest BCUT2D eigenvalue weighted by atomic mass is 16.7. The first-order valence-corrected chi connectivity index (χ1v) is 11.5. The van der Waals surface area contributed by atoms with Gasteiger partial charge in [0.1, 0.15) is 0 Å². The fourth-order valence-electron chi connectivity index (χ4n) is 5.73. The smallest absolute Gasteiger partial charge is 0.315 e. The van der Waals surface area contributed by atoms with Gasteiger partial charge in [-0.25, -0.2) is 4.79 Å². The van der Waals surface area contributed by atoms with Crippen LogP contribution in [0.4, 0.5) is 4.79 Å². The van der Waals surface area contributed by atoms with Crippen LogP contribution >= 0.6 is 0 Å². The molecule has 2 aromatic carbocycles. The predicted molar refractivity (Wildman–Crippen MR) is 124 cm³/mol. The second kappa shape index (κ2) is 8.87. The van der Waals surface area contributed by atoms with Gasteiger partial charge in [0.15, 0.2) is 11.5 Å². The second-order valence-corrected chi connectivity index (χ2v) is 9.06. The van der Waals surface area contributed by atoms with E-state index in [1.54, 1.807) is 6.08 Å². The normalized spacial score (nSPS) is 26.4. The maximum Gasteiger partial charge on any atom is 0.315 e. The fourth-order valence-corrected chi connectivity index (χ4v) is 5.73. The molecule has 6 nitrogen and oxygen atoms in total. The number of carbonyl (C=O) groups is 1. The minimum atomic E-state index is -0.113. The lowest BCUT2D eigenvalue weighted by molar-refractivity contribution is 0.130. The van der Waals surface area contributed by atoms with Crippen molar-refractivity contribution in [2.45, 2.75) is 49.7 Å². The van der Waals surface area contributed by atoms with Crippen LogP contribution in [-0.4, -0.2) is 42.9 Å². The third-order valence-corrected chi connectivity index (χ3v) is 7.29.